The zero-order valence-electron chi connectivity index (χ0n) is 18.8. The van der Waals surface area contributed by atoms with E-state index in [1.165, 1.54) is 30.3 Å². The number of hydrogen-bond acceptors (Lipinski definition) is 5. The van der Waals surface area contributed by atoms with Crippen molar-refractivity contribution in [3.63, 3.8) is 0 Å². The molecule has 1 amide bonds. The zero-order valence-corrected chi connectivity index (χ0v) is 20.4. The number of halogens is 2. The highest BCUT2D eigenvalue weighted by Gasteiger charge is 2.27. The monoisotopic (exact) mass is 515 g/mol. The highest BCUT2D eigenvalue weighted by atomic mass is 35.5. The molecule has 0 aliphatic carbocycles. The second-order valence-electron chi connectivity index (χ2n) is 7.70. The number of sulfonamides is 1. The lowest BCUT2D eigenvalue weighted by Crippen LogP contribution is -2.37. The summed E-state index contributed by atoms with van der Waals surface area (Å²) in [6.07, 6.45) is 0.426. The predicted octanol–water partition coefficient (Wildman–Crippen LogP) is 4.25. The average Bonchev–Trinajstić information content (AvgIpc) is 2.87. The molecule has 182 valence electrons. The molecule has 0 saturated heterocycles. The van der Waals surface area contributed by atoms with E-state index in [0.717, 1.165) is 16.4 Å². The van der Waals surface area contributed by atoms with Crippen molar-refractivity contribution in [2.75, 3.05) is 10.9 Å². The summed E-state index contributed by atoms with van der Waals surface area (Å²) >= 11 is 5.96. The Balaban J connectivity index is 2.11. The first-order valence-corrected chi connectivity index (χ1v) is 12.5. The van der Waals surface area contributed by atoms with Gasteiger partial charge in [-0.25, -0.2) is 12.8 Å². The molecular weight excluding hydrogens is 493 g/mol. The second kappa shape index (κ2) is 11.3. The van der Waals surface area contributed by atoms with Gasteiger partial charge in [-0.1, -0.05) is 36.7 Å². The van der Waals surface area contributed by atoms with Gasteiger partial charge in [0.15, 0.2) is 0 Å². The molecule has 1 unspecified atom stereocenters. The van der Waals surface area contributed by atoms with Crippen LogP contribution in [0.25, 0.3) is 0 Å². The Labute approximate surface area is 208 Å². The van der Waals surface area contributed by atoms with Crippen LogP contribution in [0, 0.1) is 17.1 Å². The van der Waals surface area contributed by atoms with E-state index in [-0.39, 0.29) is 34.9 Å². The Hall–Kier alpha value is -3.45. The van der Waals surface area contributed by atoms with Crippen molar-refractivity contribution in [1.29, 1.82) is 5.26 Å². The van der Waals surface area contributed by atoms with Crippen LogP contribution in [-0.2, 0) is 16.6 Å². The van der Waals surface area contributed by atoms with E-state index < -0.39 is 27.8 Å². The maximum atomic E-state index is 14.6. The Morgan fingerprint density at radius 3 is 2.51 bits per heavy atom. The summed E-state index contributed by atoms with van der Waals surface area (Å²) < 4.78 is 43.0. The van der Waals surface area contributed by atoms with Gasteiger partial charge in [0.1, 0.15) is 5.82 Å². The molecule has 1 atom stereocenters. The second-order valence-corrected chi connectivity index (χ2v) is 10.0. The van der Waals surface area contributed by atoms with E-state index in [1.807, 2.05) is 6.07 Å². The number of nitriles is 1. The summed E-state index contributed by atoms with van der Waals surface area (Å²) in [7, 11) is -4.23. The van der Waals surface area contributed by atoms with Crippen LogP contribution in [0.2, 0.25) is 5.02 Å². The number of carbonyl (C=O) groups excluding carboxylic acids is 1. The molecule has 0 aliphatic heterocycles. The summed E-state index contributed by atoms with van der Waals surface area (Å²) in [5.74, 6) is -1.62. The zero-order chi connectivity index (χ0) is 25.6. The third kappa shape index (κ3) is 6.17. The van der Waals surface area contributed by atoms with Gasteiger partial charge < -0.3 is 10.4 Å². The van der Waals surface area contributed by atoms with Gasteiger partial charge in [-0.3, -0.25) is 9.10 Å². The Kier molecular flexibility index (Phi) is 8.46. The van der Waals surface area contributed by atoms with Crippen molar-refractivity contribution in [1.82, 2.24) is 5.32 Å². The van der Waals surface area contributed by atoms with Crippen LogP contribution in [0.5, 0.6) is 0 Å². The topological polar surface area (TPSA) is 110 Å². The Morgan fingerprint density at radius 2 is 1.89 bits per heavy atom. The minimum absolute atomic E-state index is 0.0471. The van der Waals surface area contributed by atoms with Crippen molar-refractivity contribution >= 4 is 33.2 Å². The van der Waals surface area contributed by atoms with E-state index in [2.05, 4.69) is 5.32 Å². The van der Waals surface area contributed by atoms with Gasteiger partial charge >= 0.3 is 0 Å². The van der Waals surface area contributed by atoms with Crippen LogP contribution in [0.4, 0.5) is 10.1 Å². The summed E-state index contributed by atoms with van der Waals surface area (Å²) in [6, 6.07) is 16.8. The highest BCUT2D eigenvalue weighted by Crippen LogP contribution is 2.29. The van der Waals surface area contributed by atoms with Crippen molar-refractivity contribution in [2.24, 2.45) is 0 Å². The van der Waals surface area contributed by atoms with Crippen molar-refractivity contribution in [3.05, 3.63) is 94.3 Å². The van der Waals surface area contributed by atoms with Gasteiger partial charge in [-0.05, 0) is 60.5 Å². The number of hydrogen-bond donors (Lipinski definition) is 2. The van der Waals surface area contributed by atoms with E-state index in [0.29, 0.717) is 17.0 Å². The molecule has 0 aliphatic rings. The molecule has 0 saturated carbocycles. The number of rotatable bonds is 9. The van der Waals surface area contributed by atoms with Gasteiger partial charge in [-0.2, -0.15) is 5.26 Å². The number of anilines is 1. The Bertz CT molecular complexity index is 1350. The number of carbonyl (C=O) groups is 1. The van der Waals surface area contributed by atoms with E-state index >= 15 is 0 Å². The predicted molar refractivity (Wildman–Crippen MR) is 131 cm³/mol. The van der Waals surface area contributed by atoms with Gasteiger partial charge in [-0.15, -0.1) is 0 Å². The molecule has 0 heterocycles. The first-order valence-electron chi connectivity index (χ1n) is 10.7. The maximum Gasteiger partial charge on any atom is 0.264 e. The molecule has 3 aromatic carbocycles. The molecule has 35 heavy (non-hydrogen) atoms. The van der Waals surface area contributed by atoms with Crippen molar-refractivity contribution in [2.45, 2.75) is 30.8 Å². The largest absolute Gasteiger partial charge is 0.394 e. The van der Waals surface area contributed by atoms with Crippen LogP contribution in [0.1, 0.15) is 34.8 Å². The minimum atomic E-state index is -4.23. The summed E-state index contributed by atoms with van der Waals surface area (Å²) in [5, 5.41) is 21.6. The summed E-state index contributed by atoms with van der Waals surface area (Å²) in [4.78, 5) is 12.6. The lowest BCUT2D eigenvalue weighted by molar-refractivity contribution is 0.0911. The smallest absolute Gasteiger partial charge is 0.264 e. The number of amides is 1. The summed E-state index contributed by atoms with van der Waals surface area (Å²) in [6.45, 7) is 1.29. The van der Waals surface area contributed by atoms with Crippen LogP contribution in [-0.4, -0.2) is 32.1 Å². The number of benzene rings is 3. The third-order valence-electron chi connectivity index (χ3n) is 5.32. The van der Waals surface area contributed by atoms with Gasteiger partial charge in [0.25, 0.3) is 15.9 Å². The number of nitrogens with zero attached hydrogens (tertiary/aromatic N) is 2. The first-order chi connectivity index (χ1) is 16.7. The molecule has 3 rings (SSSR count). The Morgan fingerprint density at radius 1 is 1.17 bits per heavy atom. The van der Waals surface area contributed by atoms with Gasteiger partial charge in [0.05, 0.1) is 47.0 Å². The number of aliphatic hydroxyl groups is 1. The van der Waals surface area contributed by atoms with E-state index in [1.54, 1.807) is 31.2 Å². The maximum absolute atomic E-state index is 14.6. The molecule has 7 nitrogen and oxygen atoms in total. The number of aliphatic hydroxyl groups excluding tert-OH is 1. The normalized spacial score (nSPS) is 12.0. The van der Waals surface area contributed by atoms with Crippen LogP contribution >= 0.6 is 11.6 Å². The molecule has 3 aromatic rings. The third-order valence-corrected chi connectivity index (χ3v) is 7.34. The van der Waals surface area contributed by atoms with Crippen LogP contribution < -0.4 is 9.62 Å². The van der Waals surface area contributed by atoms with E-state index in [9.17, 15) is 28.0 Å². The molecule has 0 spiro atoms. The van der Waals surface area contributed by atoms with E-state index in [4.69, 9.17) is 11.6 Å². The molecule has 0 aromatic heterocycles. The lowest BCUT2D eigenvalue weighted by Gasteiger charge is -2.25. The van der Waals surface area contributed by atoms with Gasteiger partial charge in [0, 0.05) is 5.02 Å². The summed E-state index contributed by atoms with van der Waals surface area (Å²) in [5.41, 5.74) is 0.435. The standard InChI is InChI=1S/C25H23ClFN3O4S/c1-2-20(16-31)29-25(32)23-13-21(10-11-24(23)27)30(15-17-6-8-19(26)9-7-17)35(33,34)22-5-3-4-18(12-22)14-28/h3-13,20,31H,2,15-16H2,1H3,(H,29,32). The molecule has 2 N–H and O–H groups in total. The lowest BCUT2D eigenvalue weighted by atomic mass is 10.1. The fraction of sp³-hybridized carbons (Fsp3) is 0.200. The van der Waals surface area contributed by atoms with Crippen molar-refractivity contribution < 1.29 is 22.7 Å². The molecular formula is C25H23ClFN3O4S. The highest BCUT2D eigenvalue weighted by molar-refractivity contribution is 7.92. The number of nitrogens with one attached hydrogen (secondary N) is 1. The van der Waals surface area contributed by atoms with Crippen molar-refractivity contribution in [3.8, 4) is 6.07 Å². The van der Waals surface area contributed by atoms with Crippen LogP contribution in [0.3, 0.4) is 0 Å². The average molecular weight is 516 g/mol. The quantitative estimate of drug-likeness (QED) is 0.442. The minimum Gasteiger partial charge on any atom is -0.394 e. The SMILES string of the molecule is CCC(CO)NC(=O)c1cc(N(Cc2ccc(Cl)cc2)S(=O)(=O)c2cccc(C#N)c2)ccc1F. The van der Waals surface area contributed by atoms with Gasteiger partial charge in [0.2, 0.25) is 0 Å². The molecule has 0 radical (unpaired) electrons. The fourth-order valence-electron chi connectivity index (χ4n) is 3.31. The molecule has 0 bridgehead atoms. The molecule has 0 fully saturated rings. The molecule has 10 heteroatoms. The first kappa shape index (κ1) is 26.2. The van der Waals surface area contributed by atoms with Crippen LogP contribution in [0.15, 0.2) is 71.6 Å². The fourth-order valence-corrected chi connectivity index (χ4v) is 4.92.